The number of hydrogen-bond acceptors (Lipinski definition) is 1. The highest BCUT2D eigenvalue weighted by molar-refractivity contribution is 5.82. The Labute approximate surface area is 78.9 Å². The molecule has 0 bridgehead atoms. The van der Waals surface area contributed by atoms with Crippen molar-refractivity contribution in [2.75, 3.05) is 0 Å². The number of nitrogens with one attached hydrogen (secondary N) is 1. The standard InChI is InChI=1S/C10H8F2N2/c11-7-4-3-6-9(5-1-2-5)13-14-10(6)8(7)12/h3-5H,1-2H2,(H,13,14). The molecule has 72 valence electrons. The van der Waals surface area contributed by atoms with E-state index >= 15 is 0 Å². The molecule has 1 aliphatic carbocycles. The summed E-state index contributed by atoms with van der Waals surface area (Å²) >= 11 is 0. The van der Waals surface area contributed by atoms with E-state index in [1.165, 1.54) is 0 Å². The SMILES string of the molecule is Fc1ccc2c(C3CC3)[nH]nc2c1F. The number of nitrogens with zero attached hydrogens (tertiary/aromatic N) is 1. The lowest BCUT2D eigenvalue weighted by Crippen LogP contribution is -1.85. The fraction of sp³-hybridized carbons (Fsp3) is 0.300. The average molecular weight is 194 g/mol. The van der Waals surface area contributed by atoms with Gasteiger partial charge in [-0.05, 0) is 25.0 Å². The van der Waals surface area contributed by atoms with Crippen LogP contribution in [0.4, 0.5) is 8.78 Å². The van der Waals surface area contributed by atoms with Gasteiger partial charge in [0.15, 0.2) is 11.6 Å². The molecule has 1 fully saturated rings. The normalized spacial score (nSPS) is 16.4. The second kappa shape index (κ2) is 2.53. The maximum absolute atomic E-state index is 13.2. The van der Waals surface area contributed by atoms with E-state index in [9.17, 15) is 8.78 Å². The Morgan fingerprint density at radius 1 is 1.29 bits per heavy atom. The zero-order valence-corrected chi connectivity index (χ0v) is 7.35. The van der Waals surface area contributed by atoms with Gasteiger partial charge in [0.25, 0.3) is 0 Å². The number of aromatic amines is 1. The van der Waals surface area contributed by atoms with Gasteiger partial charge in [-0.15, -0.1) is 0 Å². The molecule has 0 atom stereocenters. The Hall–Kier alpha value is -1.45. The highest BCUT2D eigenvalue weighted by Crippen LogP contribution is 2.42. The minimum absolute atomic E-state index is 0.118. The number of aromatic nitrogens is 2. The average Bonchev–Trinajstić information content (AvgIpc) is 2.93. The Kier molecular flexibility index (Phi) is 1.43. The van der Waals surface area contributed by atoms with Crippen LogP contribution in [0, 0.1) is 11.6 Å². The summed E-state index contributed by atoms with van der Waals surface area (Å²) in [5.41, 5.74) is 1.06. The Balaban J connectivity index is 2.31. The molecule has 3 rings (SSSR count). The second-order valence-electron chi connectivity index (χ2n) is 3.67. The monoisotopic (exact) mass is 194 g/mol. The highest BCUT2D eigenvalue weighted by Gasteiger charge is 2.28. The maximum Gasteiger partial charge on any atom is 0.186 e. The number of halogens is 2. The quantitative estimate of drug-likeness (QED) is 0.742. The van der Waals surface area contributed by atoms with Crippen LogP contribution in [0.3, 0.4) is 0 Å². The topological polar surface area (TPSA) is 28.7 Å². The number of fused-ring (bicyclic) bond motifs is 1. The first-order valence-corrected chi connectivity index (χ1v) is 4.59. The molecular formula is C10H8F2N2. The van der Waals surface area contributed by atoms with E-state index < -0.39 is 11.6 Å². The van der Waals surface area contributed by atoms with E-state index in [2.05, 4.69) is 10.2 Å². The molecule has 1 aromatic carbocycles. The third-order valence-corrected chi connectivity index (χ3v) is 2.63. The predicted octanol–water partition coefficient (Wildman–Crippen LogP) is 2.72. The summed E-state index contributed by atoms with van der Waals surface area (Å²) in [6.45, 7) is 0. The van der Waals surface area contributed by atoms with Gasteiger partial charge in [-0.3, -0.25) is 5.10 Å². The highest BCUT2D eigenvalue weighted by atomic mass is 19.2. The second-order valence-corrected chi connectivity index (χ2v) is 3.67. The molecule has 0 saturated heterocycles. The fourth-order valence-corrected chi connectivity index (χ4v) is 1.73. The number of H-pyrrole nitrogens is 1. The smallest absolute Gasteiger partial charge is 0.186 e. The summed E-state index contributed by atoms with van der Waals surface area (Å²) in [6.07, 6.45) is 2.21. The van der Waals surface area contributed by atoms with Crippen molar-refractivity contribution in [1.29, 1.82) is 0 Å². The fourth-order valence-electron chi connectivity index (χ4n) is 1.73. The van der Waals surface area contributed by atoms with Crippen LogP contribution in [0.2, 0.25) is 0 Å². The van der Waals surface area contributed by atoms with Crippen molar-refractivity contribution in [2.24, 2.45) is 0 Å². The Morgan fingerprint density at radius 2 is 2.07 bits per heavy atom. The Morgan fingerprint density at radius 3 is 2.79 bits per heavy atom. The van der Waals surface area contributed by atoms with Gasteiger partial charge in [0.2, 0.25) is 0 Å². The first-order chi connectivity index (χ1) is 6.77. The summed E-state index contributed by atoms with van der Waals surface area (Å²) in [5.74, 6) is -1.23. The van der Waals surface area contributed by atoms with Gasteiger partial charge in [0.1, 0.15) is 5.52 Å². The van der Waals surface area contributed by atoms with Gasteiger partial charge in [-0.1, -0.05) is 0 Å². The summed E-state index contributed by atoms with van der Waals surface area (Å²) in [6, 6.07) is 2.74. The minimum atomic E-state index is -0.856. The molecule has 0 radical (unpaired) electrons. The molecule has 0 unspecified atom stereocenters. The van der Waals surface area contributed by atoms with Crippen LogP contribution in [0.1, 0.15) is 24.5 Å². The van der Waals surface area contributed by atoms with Crippen molar-refractivity contribution in [3.05, 3.63) is 29.5 Å². The van der Waals surface area contributed by atoms with Crippen molar-refractivity contribution in [1.82, 2.24) is 10.2 Å². The maximum atomic E-state index is 13.2. The molecule has 0 amide bonds. The van der Waals surface area contributed by atoms with E-state index in [1.807, 2.05) is 0 Å². The molecule has 0 aliphatic heterocycles. The van der Waals surface area contributed by atoms with Crippen molar-refractivity contribution < 1.29 is 8.78 Å². The lowest BCUT2D eigenvalue weighted by molar-refractivity contribution is 0.515. The first-order valence-electron chi connectivity index (χ1n) is 4.59. The van der Waals surface area contributed by atoms with Crippen LogP contribution in [0.15, 0.2) is 12.1 Å². The van der Waals surface area contributed by atoms with Crippen LogP contribution in [-0.4, -0.2) is 10.2 Å². The summed E-state index contributed by atoms with van der Waals surface area (Å²) in [5, 5.41) is 7.30. The van der Waals surface area contributed by atoms with Crippen molar-refractivity contribution in [2.45, 2.75) is 18.8 Å². The zero-order valence-electron chi connectivity index (χ0n) is 7.35. The van der Waals surface area contributed by atoms with Crippen LogP contribution >= 0.6 is 0 Å². The summed E-state index contributed by atoms with van der Waals surface area (Å²) < 4.78 is 26.1. The van der Waals surface area contributed by atoms with Crippen LogP contribution in [0.25, 0.3) is 10.9 Å². The number of rotatable bonds is 1. The third kappa shape index (κ3) is 0.967. The summed E-state index contributed by atoms with van der Waals surface area (Å²) in [7, 11) is 0. The van der Waals surface area contributed by atoms with Gasteiger partial charge in [0.05, 0.1) is 0 Å². The number of benzene rings is 1. The molecule has 2 aromatic rings. The first kappa shape index (κ1) is 7.91. The molecule has 1 saturated carbocycles. The van der Waals surface area contributed by atoms with E-state index in [1.54, 1.807) is 6.07 Å². The van der Waals surface area contributed by atoms with Gasteiger partial charge in [-0.25, -0.2) is 8.78 Å². The van der Waals surface area contributed by atoms with Gasteiger partial charge in [0, 0.05) is 17.0 Å². The molecule has 14 heavy (non-hydrogen) atoms. The van der Waals surface area contributed by atoms with Crippen molar-refractivity contribution in [3.63, 3.8) is 0 Å². The Bertz CT molecular complexity index is 500. The van der Waals surface area contributed by atoms with E-state index in [0.717, 1.165) is 24.6 Å². The zero-order chi connectivity index (χ0) is 9.71. The molecular weight excluding hydrogens is 186 g/mol. The molecule has 4 heteroatoms. The van der Waals surface area contributed by atoms with Gasteiger partial charge >= 0.3 is 0 Å². The van der Waals surface area contributed by atoms with E-state index in [-0.39, 0.29) is 5.52 Å². The van der Waals surface area contributed by atoms with Crippen molar-refractivity contribution in [3.8, 4) is 0 Å². The van der Waals surface area contributed by atoms with E-state index in [4.69, 9.17) is 0 Å². The lowest BCUT2D eigenvalue weighted by atomic mass is 10.1. The lowest BCUT2D eigenvalue weighted by Gasteiger charge is -1.94. The predicted molar refractivity (Wildman–Crippen MR) is 48.0 cm³/mol. The molecule has 1 heterocycles. The summed E-state index contributed by atoms with van der Waals surface area (Å²) in [4.78, 5) is 0. The van der Waals surface area contributed by atoms with Crippen molar-refractivity contribution >= 4 is 10.9 Å². The third-order valence-electron chi connectivity index (χ3n) is 2.63. The van der Waals surface area contributed by atoms with Crippen LogP contribution < -0.4 is 0 Å². The van der Waals surface area contributed by atoms with Gasteiger partial charge in [-0.2, -0.15) is 5.10 Å². The largest absolute Gasteiger partial charge is 0.281 e. The molecule has 1 N–H and O–H groups in total. The molecule has 2 nitrogen and oxygen atoms in total. The minimum Gasteiger partial charge on any atom is -0.281 e. The molecule has 1 aliphatic rings. The molecule has 0 spiro atoms. The van der Waals surface area contributed by atoms with Crippen LogP contribution in [0.5, 0.6) is 0 Å². The van der Waals surface area contributed by atoms with E-state index in [0.29, 0.717) is 11.3 Å². The number of hydrogen-bond donors (Lipinski definition) is 1. The van der Waals surface area contributed by atoms with Crippen LogP contribution in [-0.2, 0) is 0 Å². The van der Waals surface area contributed by atoms with Gasteiger partial charge < -0.3 is 0 Å². The molecule has 1 aromatic heterocycles.